The van der Waals surface area contributed by atoms with E-state index in [0.717, 1.165) is 51.2 Å². The topological polar surface area (TPSA) is 49.6 Å². The van der Waals surface area contributed by atoms with E-state index in [1.165, 1.54) is 6.42 Å². The highest BCUT2D eigenvalue weighted by atomic mass is 35.5. The molecule has 0 radical (unpaired) electrons. The Morgan fingerprint density at radius 1 is 1.14 bits per heavy atom. The Hall–Kier alpha value is -0.0300. The van der Waals surface area contributed by atoms with Gasteiger partial charge in [-0.1, -0.05) is 6.42 Å². The maximum atomic E-state index is 12.3. The second-order valence-electron chi connectivity index (χ2n) is 6.65. The van der Waals surface area contributed by atoms with Crippen LogP contribution < -0.4 is 5.73 Å². The maximum absolute atomic E-state index is 12.3. The minimum Gasteiger partial charge on any atom is -0.343 e. The molecule has 2 fully saturated rings. The minimum absolute atomic E-state index is 0. The minimum atomic E-state index is 0. The van der Waals surface area contributed by atoms with Crippen molar-refractivity contribution >= 4 is 30.7 Å². The Labute approximate surface area is 141 Å². The number of carbonyl (C=O) groups is 1. The van der Waals surface area contributed by atoms with E-state index in [9.17, 15) is 4.79 Å². The smallest absolute Gasteiger partial charge is 0.222 e. The third-order valence-corrected chi connectivity index (χ3v) is 4.75. The van der Waals surface area contributed by atoms with E-state index in [1.807, 2.05) is 0 Å². The van der Waals surface area contributed by atoms with Crippen LogP contribution in [0.1, 0.15) is 38.5 Å². The van der Waals surface area contributed by atoms with Gasteiger partial charge in [0.25, 0.3) is 0 Å². The van der Waals surface area contributed by atoms with Crippen LogP contribution in [-0.2, 0) is 4.79 Å². The fourth-order valence-corrected chi connectivity index (χ4v) is 3.55. The van der Waals surface area contributed by atoms with Gasteiger partial charge in [0.05, 0.1) is 0 Å². The molecule has 0 aromatic carbocycles. The predicted molar refractivity (Wildman–Crippen MR) is 92.3 cm³/mol. The lowest BCUT2D eigenvalue weighted by molar-refractivity contribution is -0.133. The molecule has 1 saturated carbocycles. The van der Waals surface area contributed by atoms with Crippen molar-refractivity contribution in [1.82, 2.24) is 9.80 Å². The molecule has 0 bridgehead atoms. The molecule has 1 amide bonds. The van der Waals surface area contributed by atoms with Crippen LogP contribution in [0.15, 0.2) is 0 Å². The number of rotatable bonds is 4. The summed E-state index contributed by atoms with van der Waals surface area (Å²) in [5.41, 5.74) is 6.06. The molecule has 1 aliphatic carbocycles. The van der Waals surface area contributed by atoms with E-state index >= 15 is 0 Å². The second kappa shape index (κ2) is 9.88. The fourth-order valence-electron chi connectivity index (χ4n) is 3.55. The van der Waals surface area contributed by atoms with E-state index in [4.69, 9.17) is 5.73 Å². The summed E-state index contributed by atoms with van der Waals surface area (Å²) in [6, 6.07) is 0.259. The van der Waals surface area contributed by atoms with Crippen LogP contribution in [0.2, 0.25) is 0 Å². The summed E-state index contributed by atoms with van der Waals surface area (Å²) in [5.74, 6) is 1.53. The third kappa shape index (κ3) is 6.31. The Balaban J connectivity index is 0.00000200. The van der Waals surface area contributed by atoms with Gasteiger partial charge < -0.3 is 15.5 Å². The molecule has 4 nitrogen and oxygen atoms in total. The number of carbonyl (C=O) groups excluding carboxylic acids is 1. The van der Waals surface area contributed by atoms with Crippen LogP contribution in [0.3, 0.4) is 0 Å². The zero-order valence-corrected chi connectivity index (χ0v) is 14.9. The molecule has 1 aliphatic heterocycles. The molecular weight excluding hydrogens is 309 g/mol. The summed E-state index contributed by atoms with van der Waals surface area (Å²) in [6.07, 6.45) is 6.43. The monoisotopic (exact) mass is 339 g/mol. The van der Waals surface area contributed by atoms with Gasteiger partial charge in [-0.15, -0.1) is 24.8 Å². The van der Waals surface area contributed by atoms with Crippen LogP contribution in [0.25, 0.3) is 0 Å². The highest BCUT2D eigenvalue weighted by molar-refractivity contribution is 5.85. The van der Waals surface area contributed by atoms with Crippen LogP contribution >= 0.6 is 24.8 Å². The van der Waals surface area contributed by atoms with Crippen molar-refractivity contribution in [2.45, 2.75) is 44.6 Å². The first-order valence-corrected chi connectivity index (χ1v) is 7.74. The van der Waals surface area contributed by atoms with Crippen molar-refractivity contribution in [1.29, 1.82) is 0 Å². The molecule has 0 spiro atoms. The highest BCUT2D eigenvalue weighted by Gasteiger charge is 2.29. The molecule has 2 atom stereocenters. The average Bonchev–Trinajstić information content (AvgIpc) is 2.75. The molecule has 126 valence electrons. The Morgan fingerprint density at radius 2 is 1.76 bits per heavy atom. The van der Waals surface area contributed by atoms with Crippen molar-refractivity contribution in [3.05, 3.63) is 0 Å². The van der Waals surface area contributed by atoms with E-state index in [1.54, 1.807) is 0 Å². The van der Waals surface area contributed by atoms with Crippen LogP contribution in [-0.4, -0.2) is 55.5 Å². The predicted octanol–water partition coefficient (Wildman–Crippen LogP) is 2.15. The zero-order chi connectivity index (χ0) is 13.8. The first-order chi connectivity index (χ1) is 9.06. The maximum Gasteiger partial charge on any atom is 0.222 e. The van der Waals surface area contributed by atoms with E-state index in [-0.39, 0.29) is 30.9 Å². The quantitative estimate of drug-likeness (QED) is 0.853. The molecule has 6 heteroatoms. The molecule has 0 unspecified atom stereocenters. The van der Waals surface area contributed by atoms with Gasteiger partial charge in [-0.25, -0.2) is 0 Å². The standard InChI is InChI=1S/C15H29N3O.2ClH/c1-17(2)11-12-6-8-18(9-7-12)15(19)10-13-4-3-5-14(13)16;;/h12-14H,3-11,16H2,1-2H3;2*1H/t13-,14+;;/m0../s1. The van der Waals surface area contributed by atoms with Crippen LogP contribution in [0, 0.1) is 11.8 Å². The Kier molecular flexibility index (Phi) is 9.87. The Bertz CT molecular complexity index is 307. The molecule has 2 aliphatic rings. The number of nitrogens with two attached hydrogens (primary N) is 1. The van der Waals surface area contributed by atoms with Crippen molar-refractivity contribution < 1.29 is 4.79 Å². The molecule has 2 rings (SSSR count). The number of nitrogens with zero attached hydrogens (tertiary/aromatic N) is 2. The summed E-state index contributed by atoms with van der Waals surface area (Å²) in [7, 11) is 4.25. The van der Waals surface area contributed by atoms with Gasteiger partial charge in [-0.05, 0) is 51.6 Å². The van der Waals surface area contributed by atoms with Gasteiger partial charge in [-0.2, -0.15) is 0 Å². The lowest BCUT2D eigenvalue weighted by atomic mass is 9.94. The van der Waals surface area contributed by atoms with Crippen LogP contribution in [0.5, 0.6) is 0 Å². The summed E-state index contributed by atoms with van der Waals surface area (Å²) >= 11 is 0. The van der Waals surface area contributed by atoms with Gasteiger partial charge in [0.2, 0.25) is 5.91 Å². The zero-order valence-electron chi connectivity index (χ0n) is 13.3. The van der Waals surface area contributed by atoms with Gasteiger partial charge in [0, 0.05) is 32.1 Å². The lowest BCUT2D eigenvalue weighted by Gasteiger charge is -2.34. The first kappa shape index (κ1) is 21.0. The van der Waals surface area contributed by atoms with Crippen molar-refractivity contribution in [3.8, 4) is 0 Å². The number of hydrogen-bond acceptors (Lipinski definition) is 3. The van der Waals surface area contributed by atoms with Crippen molar-refractivity contribution in [2.24, 2.45) is 17.6 Å². The third-order valence-electron chi connectivity index (χ3n) is 4.75. The average molecular weight is 340 g/mol. The largest absolute Gasteiger partial charge is 0.343 e. The molecule has 21 heavy (non-hydrogen) atoms. The fraction of sp³-hybridized carbons (Fsp3) is 0.933. The molecular formula is C15H31Cl2N3O. The normalized spacial score (nSPS) is 26.4. The van der Waals surface area contributed by atoms with Gasteiger partial charge >= 0.3 is 0 Å². The van der Waals surface area contributed by atoms with E-state index in [0.29, 0.717) is 18.2 Å². The van der Waals surface area contributed by atoms with Gasteiger partial charge in [-0.3, -0.25) is 4.79 Å². The second-order valence-corrected chi connectivity index (χ2v) is 6.65. The lowest BCUT2D eigenvalue weighted by Crippen LogP contribution is -2.42. The molecule has 2 N–H and O–H groups in total. The molecule has 1 heterocycles. The number of hydrogen-bond donors (Lipinski definition) is 1. The molecule has 1 saturated heterocycles. The summed E-state index contributed by atoms with van der Waals surface area (Å²) < 4.78 is 0. The SMILES string of the molecule is CN(C)CC1CCN(C(=O)C[C@@H]2CCC[C@H]2N)CC1.Cl.Cl. The first-order valence-electron chi connectivity index (χ1n) is 7.74. The highest BCUT2D eigenvalue weighted by Crippen LogP contribution is 2.28. The number of piperidine rings is 1. The summed E-state index contributed by atoms with van der Waals surface area (Å²) in [6.45, 7) is 3.04. The summed E-state index contributed by atoms with van der Waals surface area (Å²) in [4.78, 5) is 16.6. The number of halogens is 2. The number of amides is 1. The Morgan fingerprint density at radius 3 is 2.24 bits per heavy atom. The van der Waals surface area contributed by atoms with E-state index in [2.05, 4.69) is 23.9 Å². The van der Waals surface area contributed by atoms with Crippen LogP contribution in [0.4, 0.5) is 0 Å². The summed E-state index contributed by atoms with van der Waals surface area (Å²) in [5, 5.41) is 0. The molecule has 0 aromatic rings. The van der Waals surface area contributed by atoms with Gasteiger partial charge in [0.1, 0.15) is 0 Å². The van der Waals surface area contributed by atoms with Crippen molar-refractivity contribution in [2.75, 3.05) is 33.7 Å². The molecule has 0 aromatic heterocycles. The number of likely N-dealkylation sites (tertiary alicyclic amines) is 1. The van der Waals surface area contributed by atoms with Gasteiger partial charge in [0.15, 0.2) is 0 Å². The van der Waals surface area contributed by atoms with Crippen molar-refractivity contribution in [3.63, 3.8) is 0 Å². The van der Waals surface area contributed by atoms with E-state index < -0.39 is 0 Å².